The summed E-state index contributed by atoms with van der Waals surface area (Å²) < 4.78 is 0. The molecule has 0 aromatic heterocycles. The maximum atomic E-state index is 4.90. The average molecular weight is 478 g/mol. The number of hydrogen-bond donors (Lipinski definition) is 0. The summed E-state index contributed by atoms with van der Waals surface area (Å²) in [5.74, 6) is 1.74. The molecule has 0 aliphatic rings. The largest absolute Gasteiger partial charge is 0.358 e. The third-order valence-electron chi connectivity index (χ3n) is 5.59. The van der Waals surface area contributed by atoms with E-state index in [1.165, 1.54) is 33.4 Å². The molecule has 3 heteroatoms. The van der Waals surface area contributed by atoms with Gasteiger partial charge in [0.15, 0.2) is 0 Å². The van der Waals surface area contributed by atoms with E-state index in [-0.39, 0.29) is 23.9 Å². The summed E-state index contributed by atoms with van der Waals surface area (Å²) in [5, 5.41) is 0. The van der Waals surface area contributed by atoms with Crippen LogP contribution in [-0.4, -0.2) is 12.4 Å². The van der Waals surface area contributed by atoms with Crippen LogP contribution < -0.4 is 0 Å². The molecule has 32 heavy (non-hydrogen) atoms. The predicted octanol–water partition coefficient (Wildman–Crippen LogP) is 9.35. The standard InChI is InChI=1S/C28H40N2.CH3.Ni/c1-17(2)23-13-21(9)14-24(18(3)4)27(23)29-11-12-30-28-25(19(5)6)15-22(10)16-26(28)20(7)8;;/h11-20H,1-10H3;1H3;/q;-1;. The summed E-state index contributed by atoms with van der Waals surface area (Å²) >= 11 is 0. The number of rotatable bonds is 7. The van der Waals surface area contributed by atoms with Crippen molar-refractivity contribution >= 4 is 23.8 Å². The molecule has 0 aliphatic carbocycles. The molecule has 0 N–H and O–H groups in total. The van der Waals surface area contributed by atoms with Crippen molar-refractivity contribution in [2.24, 2.45) is 9.98 Å². The molecule has 0 saturated carbocycles. The molecule has 0 saturated heterocycles. The van der Waals surface area contributed by atoms with Crippen molar-refractivity contribution in [3.63, 3.8) is 0 Å². The zero-order valence-electron chi connectivity index (χ0n) is 22.0. The molecule has 0 amide bonds. The summed E-state index contributed by atoms with van der Waals surface area (Å²) in [6.07, 6.45) is 3.74. The first-order valence-corrected chi connectivity index (χ1v) is 11.4. The smallest absolute Gasteiger partial charge is 0.0699 e. The van der Waals surface area contributed by atoms with Crippen molar-refractivity contribution in [3.8, 4) is 0 Å². The molecule has 2 aromatic rings. The molecule has 0 aliphatic heterocycles. The third-order valence-corrected chi connectivity index (χ3v) is 5.59. The van der Waals surface area contributed by atoms with Crippen molar-refractivity contribution in [1.29, 1.82) is 0 Å². The molecular formula is C29H43N2Ni-. The Labute approximate surface area is 208 Å². The van der Waals surface area contributed by atoms with Gasteiger partial charge in [-0.15, -0.1) is 0 Å². The van der Waals surface area contributed by atoms with Gasteiger partial charge in [0.25, 0.3) is 0 Å². The molecule has 180 valence electrons. The van der Waals surface area contributed by atoms with Gasteiger partial charge in [-0.3, -0.25) is 9.98 Å². The Hall–Kier alpha value is -1.73. The number of nitrogens with zero attached hydrogens (tertiary/aromatic N) is 2. The molecule has 0 bridgehead atoms. The topological polar surface area (TPSA) is 24.7 Å². The second-order valence-electron chi connectivity index (χ2n) is 9.76. The zero-order valence-corrected chi connectivity index (χ0v) is 23.0. The summed E-state index contributed by atoms with van der Waals surface area (Å²) in [6.45, 7) is 22.2. The van der Waals surface area contributed by atoms with Crippen molar-refractivity contribution < 1.29 is 16.5 Å². The molecule has 0 atom stereocenters. The molecular weight excluding hydrogens is 435 g/mol. The van der Waals surface area contributed by atoms with Gasteiger partial charge in [-0.25, -0.2) is 0 Å². The van der Waals surface area contributed by atoms with E-state index in [9.17, 15) is 0 Å². The molecule has 2 rings (SSSR count). The van der Waals surface area contributed by atoms with Gasteiger partial charge >= 0.3 is 0 Å². The first-order valence-electron chi connectivity index (χ1n) is 11.4. The van der Waals surface area contributed by atoms with Crippen LogP contribution in [0.25, 0.3) is 0 Å². The van der Waals surface area contributed by atoms with E-state index in [4.69, 9.17) is 9.98 Å². The Morgan fingerprint density at radius 2 is 0.750 bits per heavy atom. The average Bonchev–Trinajstić information content (AvgIpc) is 2.65. The van der Waals surface area contributed by atoms with Crippen LogP contribution in [0, 0.1) is 21.3 Å². The number of hydrogen-bond acceptors (Lipinski definition) is 2. The molecule has 0 unspecified atom stereocenters. The van der Waals surface area contributed by atoms with Gasteiger partial charge in [-0.2, -0.15) is 0 Å². The van der Waals surface area contributed by atoms with Crippen LogP contribution in [0.3, 0.4) is 0 Å². The Kier molecular flexibility index (Phi) is 12.4. The zero-order chi connectivity index (χ0) is 22.6. The normalized spacial score (nSPS) is 11.8. The van der Waals surface area contributed by atoms with Gasteiger partial charge in [0.1, 0.15) is 0 Å². The Bertz CT molecular complexity index is 799. The SMILES string of the molecule is Cc1cc(C(C)C)c(N=CC=Nc2c(C(C)C)cc(C)cc2C(C)C)c(C(C)C)c1.[CH3-].[Ni]. The Morgan fingerprint density at radius 1 is 0.531 bits per heavy atom. The fourth-order valence-electron chi connectivity index (χ4n) is 3.95. The van der Waals surface area contributed by atoms with Gasteiger partial charge in [0.2, 0.25) is 0 Å². The number of aliphatic imine (C=N–C) groups is 2. The first kappa shape index (κ1) is 30.3. The van der Waals surface area contributed by atoms with Gasteiger partial charge in [0.05, 0.1) is 11.4 Å². The van der Waals surface area contributed by atoms with Crippen molar-refractivity contribution in [3.05, 3.63) is 65.1 Å². The van der Waals surface area contributed by atoms with E-state index in [2.05, 4.69) is 93.5 Å². The number of aryl methyl sites for hydroxylation is 2. The van der Waals surface area contributed by atoms with Gasteiger partial charge in [-0.05, 0) is 59.8 Å². The molecule has 2 aromatic carbocycles. The maximum absolute atomic E-state index is 4.90. The minimum Gasteiger partial charge on any atom is -0.358 e. The second kappa shape index (κ2) is 13.1. The fraction of sp³-hybridized carbons (Fsp3) is 0.483. The van der Waals surface area contributed by atoms with Crippen molar-refractivity contribution in [2.75, 3.05) is 0 Å². The Balaban J connectivity index is 0.00000480. The summed E-state index contributed by atoms with van der Waals surface area (Å²) in [6, 6.07) is 9.09. The Morgan fingerprint density at radius 3 is 0.938 bits per heavy atom. The van der Waals surface area contributed by atoms with E-state index in [1.54, 1.807) is 0 Å². The summed E-state index contributed by atoms with van der Waals surface area (Å²) in [5.41, 5.74) is 10.1. The summed E-state index contributed by atoms with van der Waals surface area (Å²) in [4.78, 5) is 9.79. The van der Waals surface area contributed by atoms with Crippen LogP contribution >= 0.6 is 0 Å². The van der Waals surface area contributed by atoms with Crippen LogP contribution in [0.15, 0.2) is 34.3 Å². The van der Waals surface area contributed by atoms with Crippen LogP contribution in [0.4, 0.5) is 11.4 Å². The van der Waals surface area contributed by atoms with Crippen LogP contribution in [0.2, 0.25) is 0 Å². The summed E-state index contributed by atoms with van der Waals surface area (Å²) in [7, 11) is 0. The maximum Gasteiger partial charge on any atom is 0.0699 e. The molecule has 0 fully saturated rings. The van der Waals surface area contributed by atoms with E-state index < -0.39 is 0 Å². The van der Waals surface area contributed by atoms with Crippen LogP contribution in [-0.2, 0) is 16.5 Å². The molecule has 0 radical (unpaired) electrons. The van der Waals surface area contributed by atoms with E-state index in [1.807, 2.05) is 12.4 Å². The third kappa shape index (κ3) is 7.41. The number of benzene rings is 2. The van der Waals surface area contributed by atoms with Crippen molar-refractivity contribution in [2.45, 2.75) is 92.9 Å². The van der Waals surface area contributed by atoms with Crippen molar-refractivity contribution in [1.82, 2.24) is 0 Å². The molecule has 0 spiro atoms. The predicted molar refractivity (Wildman–Crippen MR) is 141 cm³/mol. The van der Waals surface area contributed by atoms with Gasteiger partial charge in [-0.1, -0.05) is 90.8 Å². The quantitative estimate of drug-likeness (QED) is 0.215. The molecule has 2 nitrogen and oxygen atoms in total. The minimum atomic E-state index is 0. The minimum absolute atomic E-state index is 0. The molecule has 0 heterocycles. The first-order chi connectivity index (χ1) is 14.0. The second-order valence-corrected chi connectivity index (χ2v) is 9.76. The van der Waals surface area contributed by atoms with Gasteiger partial charge in [0, 0.05) is 28.9 Å². The van der Waals surface area contributed by atoms with E-state index >= 15 is 0 Å². The van der Waals surface area contributed by atoms with Gasteiger partial charge < -0.3 is 7.43 Å². The van der Waals surface area contributed by atoms with E-state index in [0.29, 0.717) is 23.7 Å². The van der Waals surface area contributed by atoms with E-state index in [0.717, 1.165) is 11.4 Å². The monoisotopic (exact) mass is 477 g/mol. The van der Waals surface area contributed by atoms with Crippen LogP contribution in [0.1, 0.15) is 112 Å². The van der Waals surface area contributed by atoms with Crippen LogP contribution in [0.5, 0.6) is 0 Å². The fourth-order valence-corrected chi connectivity index (χ4v) is 3.95.